The van der Waals surface area contributed by atoms with Crippen LogP contribution in [0.3, 0.4) is 0 Å². The first kappa shape index (κ1) is 51.1. The first-order valence-electron chi connectivity index (χ1n) is 16.0. The molecule has 26 heteroatoms. The van der Waals surface area contributed by atoms with Gasteiger partial charge in [-0.25, -0.2) is 24.4 Å². The summed E-state index contributed by atoms with van der Waals surface area (Å²) < 4.78 is 112. The zero-order valence-electron chi connectivity index (χ0n) is 30.0. The molecule has 1 aliphatic carbocycles. The van der Waals surface area contributed by atoms with E-state index in [1.54, 1.807) is 49.6 Å². The quantitative estimate of drug-likeness (QED) is 0.0979. The van der Waals surface area contributed by atoms with Crippen molar-refractivity contribution in [3.63, 3.8) is 0 Å². The molecule has 0 bridgehead atoms. The number of halogens is 10. The largest absolute Gasteiger partial charge is 0.491 e. The molecule has 0 aliphatic heterocycles. The monoisotopic (exact) mass is 881 g/mol. The van der Waals surface area contributed by atoms with Crippen molar-refractivity contribution in [1.29, 1.82) is 0 Å². The Morgan fingerprint density at radius 2 is 1.32 bits per heavy atom. The molecule has 0 saturated heterocycles. The second-order valence-electron chi connectivity index (χ2n) is 11.2. The Morgan fingerprint density at radius 1 is 0.780 bits per heavy atom. The van der Waals surface area contributed by atoms with Crippen LogP contribution in [-0.4, -0.2) is 106 Å². The number of carbonyl (C=O) groups excluding carboxylic acids is 2. The third kappa shape index (κ3) is 19.8. The van der Waals surface area contributed by atoms with Crippen molar-refractivity contribution in [3.8, 4) is 11.5 Å². The highest BCUT2D eigenvalue weighted by atomic mass is 35.5. The molecular weight excluding hydrogens is 849 g/mol. The molecule has 0 spiro atoms. The van der Waals surface area contributed by atoms with Gasteiger partial charge in [-0.1, -0.05) is 11.6 Å². The highest BCUT2D eigenvalue weighted by molar-refractivity contribution is 6.30. The lowest BCUT2D eigenvalue weighted by Crippen LogP contribution is -2.32. The summed E-state index contributed by atoms with van der Waals surface area (Å²) in [6, 6.07) is 11.6. The number of benzene rings is 1. The number of pyridine rings is 2. The maximum Gasteiger partial charge on any atom is 0.490 e. The summed E-state index contributed by atoms with van der Waals surface area (Å²) in [6.07, 6.45) is -9.14. The number of carboxylic acid groups (broad SMARTS) is 3. The molecule has 0 atom stereocenters. The van der Waals surface area contributed by atoms with Gasteiger partial charge in [-0.05, 0) is 62.1 Å². The molecule has 4 rings (SSSR count). The molecule has 326 valence electrons. The fraction of sp³-hybridized carbons (Fsp3) is 0.364. The Balaban J connectivity index is 0.000000678. The number of carbonyl (C=O) groups is 5. The SMILES string of the molecule is COCCOc1ccc(C(=O)Nc2cccnc2C(=O)Nc2ccc(Cl)cn2)c(O[C@H]2CC[C@@H](N)CC2)c1.O=C(O)C(F)(F)F.O=C(O)C(F)(F)F.O=C(O)C(F)(F)F. The van der Waals surface area contributed by atoms with Gasteiger partial charge in [-0.3, -0.25) is 9.59 Å². The molecule has 2 aromatic heterocycles. The van der Waals surface area contributed by atoms with E-state index in [0.717, 1.165) is 25.7 Å². The average molecular weight is 882 g/mol. The van der Waals surface area contributed by atoms with Crippen molar-refractivity contribution in [1.82, 2.24) is 9.97 Å². The van der Waals surface area contributed by atoms with Gasteiger partial charge >= 0.3 is 36.4 Å². The van der Waals surface area contributed by atoms with E-state index in [-0.39, 0.29) is 23.5 Å². The van der Waals surface area contributed by atoms with Gasteiger partial charge in [0.25, 0.3) is 11.8 Å². The first-order valence-corrected chi connectivity index (χ1v) is 16.4. The molecule has 1 saturated carbocycles. The lowest BCUT2D eigenvalue weighted by Gasteiger charge is -2.27. The van der Waals surface area contributed by atoms with Crippen molar-refractivity contribution in [2.45, 2.75) is 56.4 Å². The summed E-state index contributed by atoms with van der Waals surface area (Å²) in [6.45, 7) is 0.784. The van der Waals surface area contributed by atoms with E-state index in [0.29, 0.717) is 41.1 Å². The van der Waals surface area contributed by atoms with Gasteiger partial charge in [0, 0.05) is 31.6 Å². The molecule has 7 N–H and O–H groups in total. The van der Waals surface area contributed by atoms with Crippen LogP contribution >= 0.6 is 11.6 Å². The number of nitrogens with two attached hydrogens (primary N) is 1. The zero-order chi connectivity index (χ0) is 45.1. The molecule has 0 unspecified atom stereocenters. The van der Waals surface area contributed by atoms with E-state index < -0.39 is 48.3 Å². The highest BCUT2D eigenvalue weighted by Crippen LogP contribution is 2.31. The standard InChI is InChI=1S/C27H30ClN5O5.3C2HF3O2/c1-36-13-14-37-20-9-10-21(23(15-20)38-19-7-5-18(29)6-8-19)26(34)32-22-3-2-12-30-25(22)27(35)33-24-11-4-17(28)16-31-24;3*3-2(4,5)1(6)7/h2-4,9-12,15-16,18-19H,5-8,13-14,29H2,1H3,(H,32,34)(H,31,33,35);3*(H,6,7)/t18-,19+;;;. The lowest BCUT2D eigenvalue weighted by atomic mass is 9.93. The van der Waals surface area contributed by atoms with Crippen molar-refractivity contribution in [3.05, 3.63) is 71.1 Å². The number of hydrogen-bond donors (Lipinski definition) is 6. The molecule has 3 aromatic rings. The van der Waals surface area contributed by atoms with Crippen LogP contribution in [0.2, 0.25) is 5.02 Å². The van der Waals surface area contributed by atoms with Gasteiger partial charge in [-0.2, -0.15) is 39.5 Å². The number of rotatable bonds is 10. The molecule has 2 heterocycles. The predicted molar refractivity (Wildman–Crippen MR) is 185 cm³/mol. The lowest BCUT2D eigenvalue weighted by molar-refractivity contribution is -0.193. The van der Waals surface area contributed by atoms with Crippen molar-refractivity contribution in [2.75, 3.05) is 31.0 Å². The number of carboxylic acids is 3. The molecule has 16 nitrogen and oxygen atoms in total. The van der Waals surface area contributed by atoms with E-state index in [2.05, 4.69) is 20.6 Å². The van der Waals surface area contributed by atoms with Crippen LogP contribution in [0.4, 0.5) is 51.0 Å². The fourth-order valence-corrected chi connectivity index (χ4v) is 4.12. The molecular formula is C33H33ClF9N5O11. The third-order valence-electron chi connectivity index (χ3n) is 6.73. The van der Waals surface area contributed by atoms with Gasteiger partial charge < -0.3 is 45.9 Å². The number of ether oxygens (including phenoxy) is 3. The molecule has 1 aliphatic rings. The van der Waals surface area contributed by atoms with Gasteiger partial charge in [0.05, 0.1) is 29.0 Å². The molecule has 2 amide bonds. The predicted octanol–water partition coefficient (Wildman–Crippen LogP) is 6.21. The molecule has 59 heavy (non-hydrogen) atoms. The van der Waals surface area contributed by atoms with E-state index in [1.165, 1.54) is 12.4 Å². The van der Waals surface area contributed by atoms with Crippen molar-refractivity contribution in [2.24, 2.45) is 5.73 Å². The molecule has 0 radical (unpaired) electrons. The number of anilines is 2. The van der Waals surface area contributed by atoms with Crippen molar-refractivity contribution < 1.29 is 93.0 Å². The number of nitrogens with zero attached hydrogens (tertiary/aromatic N) is 2. The Bertz CT molecular complexity index is 1800. The van der Waals surface area contributed by atoms with E-state index in [9.17, 15) is 49.1 Å². The van der Waals surface area contributed by atoms with Gasteiger partial charge in [0.1, 0.15) is 23.9 Å². The summed E-state index contributed by atoms with van der Waals surface area (Å²) >= 11 is 5.86. The van der Waals surface area contributed by atoms with E-state index in [4.69, 9.17) is 61.2 Å². The minimum Gasteiger partial charge on any atom is -0.491 e. The topological polar surface area (TPSA) is 250 Å². The second-order valence-corrected chi connectivity index (χ2v) is 11.7. The van der Waals surface area contributed by atoms with Crippen LogP contribution in [-0.2, 0) is 19.1 Å². The van der Waals surface area contributed by atoms with Crippen LogP contribution in [0, 0.1) is 0 Å². The molecule has 1 fully saturated rings. The smallest absolute Gasteiger partial charge is 0.490 e. The Hall–Kier alpha value is -5.95. The summed E-state index contributed by atoms with van der Waals surface area (Å²) in [7, 11) is 1.60. The average Bonchev–Trinajstić information content (AvgIpc) is 3.13. The second kappa shape index (κ2) is 23.5. The summed E-state index contributed by atoms with van der Waals surface area (Å²) in [5.74, 6) is -8.02. The number of aromatic nitrogens is 2. The van der Waals surface area contributed by atoms with E-state index in [1.807, 2.05) is 0 Å². The fourth-order valence-electron chi connectivity index (χ4n) is 4.01. The Kier molecular flexibility index (Phi) is 20.3. The summed E-state index contributed by atoms with van der Waals surface area (Å²) in [4.78, 5) is 61.2. The molecule has 1 aromatic carbocycles. The zero-order valence-corrected chi connectivity index (χ0v) is 30.7. The number of aliphatic carboxylic acids is 3. The van der Waals surface area contributed by atoms with Crippen LogP contribution in [0.1, 0.15) is 46.5 Å². The summed E-state index contributed by atoms with van der Waals surface area (Å²) in [5.41, 5.74) is 6.60. The minimum atomic E-state index is -5.08. The van der Waals surface area contributed by atoms with Crippen LogP contribution in [0.25, 0.3) is 0 Å². The minimum absolute atomic E-state index is 0.0286. The van der Waals surface area contributed by atoms with E-state index >= 15 is 0 Å². The number of nitrogens with one attached hydrogen (secondary N) is 2. The maximum atomic E-state index is 13.4. The van der Waals surface area contributed by atoms with Gasteiger partial charge in [0.15, 0.2) is 5.69 Å². The van der Waals surface area contributed by atoms with Gasteiger partial charge in [-0.15, -0.1) is 0 Å². The maximum absolute atomic E-state index is 13.4. The Morgan fingerprint density at radius 3 is 1.80 bits per heavy atom. The number of amides is 2. The number of alkyl halides is 9. The first-order chi connectivity index (χ1) is 27.3. The van der Waals surface area contributed by atoms with Gasteiger partial charge in [0.2, 0.25) is 0 Å². The number of hydrogen-bond acceptors (Lipinski definition) is 11. The van der Waals surface area contributed by atoms with Crippen LogP contribution in [0.15, 0.2) is 54.9 Å². The van der Waals surface area contributed by atoms with Crippen molar-refractivity contribution >= 4 is 52.8 Å². The third-order valence-corrected chi connectivity index (χ3v) is 6.96. The number of methoxy groups -OCH3 is 1. The Labute approximate surface area is 331 Å². The van der Waals surface area contributed by atoms with Crippen LogP contribution < -0.4 is 25.8 Å². The van der Waals surface area contributed by atoms with Crippen LogP contribution in [0.5, 0.6) is 11.5 Å². The highest BCUT2D eigenvalue weighted by Gasteiger charge is 2.39. The normalized spacial score (nSPS) is 14.9. The summed E-state index contributed by atoms with van der Waals surface area (Å²) in [5, 5.41) is 27.3.